The summed E-state index contributed by atoms with van der Waals surface area (Å²) in [5, 5.41) is 0. The molecule has 2 aromatic heterocycles. The summed E-state index contributed by atoms with van der Waals surface area (Å²) in [6.45, 7) is 0. The second kappa shape index (κ2) is 7.69. The summed E-state index contributed by atoms with van der Waals surface area (Å²) in [6.07, 6.45) is 4.05. The van der Waals surface area contributed by atoms with Crippen molar-refractivity contribution in [3.05, 3.63) is 133 Å². The molecule has 5 aromatic rings. The molecule has 0 aliphatic rings. The van der Waals surface area contributed by atoms with E-state index in [9.17, 15) is 0 Å². The maximum Gasteiger partial charge on any atom is 0.149 e. The molecular weight excluding hydrogens is 354 g/mol. The van der Waals surface area contributed by atoms with Crippen molar-refractivity contribution in [3.8, 4) is 16.9 Å². The fraction of sp³-hybridized carbons (Fsp3) is 0.0370. The van der Waals surface area contributed by atoms with Gasteiger partial charge in [0.15, 0.2) is 0 Å². The van der Waals surface area contributed by atoms with Crippen LogP contribution in [-0.4, -0.2) is 4.40 Å². The fourth-order valence-electron chi connectivity index (χ4n) is 3.71. The molecule has 0 N–H and O–H groups in total. The monoisotopic (exact) mass is 375 g/mol. The molecule has 0 aliphatic heterocycles. The number of hydrogen-bond acceptors (Lipinski definition) is 1. The Morgan fingerprint density at radius 3 is 1.79 bits per heavy atom. The lowest BCUT2D eigenvalue weighted by molar-refractivity contribution is 0.249. The molecule has 0 bridgehead atoms. The summed E-state index contributed by atoms with van der Waals surface area (Å²) in [5.74, 6) is 0.868. The highest BCUT2D eigenvalue weighted by atomic mass is 16.5. The third-order valence-electron chi connectivity index (χ3n) is 5.15. The van der Waals surface area contributed by atoms with E-state index >= 15 is 0 Å². The number of ether oxygens (including phenoxy) is 1. The average Bonchev–Trinajstić information content (AvgIpc) is 3.24. The highest BCUT2D eigenvalue weighted by Crippen LogP contribution is 2.33. The van der Waals surface area contributed by atoms with E-state index < -0.39 is 0 Å². The van der Waals surface area contributed by atoms with E-state index in [1.165, 1.54) is 11.1 Å². The van der Waals surface area contributed by atoms with Crippen LogP contribution < -0.4 is 4.74 Å². The molecule has 140 valence electrons. The van der Waals surface area contributed by atoms with Crippen LogP contribution in [0.1, 0.15) is 17.2 Å². The van der Waals surface area contributed by atoms with Gasteiger partial charge in [0.1, 0.15) is 11.9 Å². The van der Waals surface area contributed by atoms with Crippen LogP contribution in [0, 0.1) is 0 Å². The summed E-state index contributed by atoms with van der Waals surface area (Å²) >= 11 is 0. The first-order chi connectivity index (χ1) is 14.4. The standard InChI is InChI=1S/C27H21NO/c1-4-11-21(12-5-1)24-19-25-26(17-10-18-28(25)20-24)29-27(22-13-6-2-7-14-22)23-15-8-3-9-16-23/h1-20,27H. The predicted octanol–water partition coefficient (Wildman–Crippen LogP) is 6.77. The van der Waals surface area contributed by atoms with Crippen LogP contribution in [0.15, 0.2) is 122 Å². The van der Waals surface area contributed by atoms with Gasteiger partial charge >= 0.3 is 0 Å². The number of benzene rings is 3. The molecule has 2 nitrogen and oxygen atoms in total. The Bertz CT molecular complexity index is 1170. The highest BCUT2D eigenvalue weighted by Gasteiger charge is 2.17. The van der Waals surface area contributed by atoms with Crippen LogP contribution in [0.25, 0.3) is 16.6 Å². The minimum atomic E-state index is -0.168. The molecule has 0 saturated heterocycles. The Labute approximate surface area is 170 Å². The minimum Gasteiger partial charge on any atom is -0.479 e. The lowest BCUT2D eigenvalue weighted by Gasteiger charge is -2.21. The van der Waals surface area contributed by atoms with Crippen molar-refractivity contribution in [3.63, 3.8) is 0 Å². The van der Waals surface area contributed by atoms with Crippen LogP contribution in [-0.2, 0) is 0 Å². The third kappa shape index (κ3) is 3.53. The van der Waals surface area contributed by atoms with Crippen LogP contribution in [0.5, 0.6) is 5.75 Å². The summed E-state index contributed by atoms with van der Waals surface area (Å²) < 4.78 is 8.76. The van der Waals surface area contributed by atoms with Gasteiger partial charge in [0.2, 0.25) is 0 Å². The third-order valence-corrected chi connectivity index (χ3v) is 5.15. The van der Waals surface area contributed by atoms with Gasteiger partial charge in [0.25, 0.3) is 0 Å². The summed E-state index contributed by atoms with van der Waals surface area (Å²) in [7, 11) is 0. The molecule has 0 unspecified atom stereocenters. The average molecular weight is 375 g/mol. The number of pyridine rings is 1. The van der Waals surface area contributed by atoms with E-state index in [1.807, 2.05) is 30.3 Å². The molecule has 3 aromatic carbocycles. The molecule has 0 aliphatic carbocycles. The van der Waals surface area contributed by atoms with E-state index in [0.717, 1.165) is 22.4 Å². The van der Waals surface area contributed by atoms with Crippen molar-refractivity contribution >= 4 is 5.52 Å². The van der Waals surface area contributed by atoms with Gasteiger partial charge in [0, 0.05) is 18.0 Å². The van der Waals surface area contributed by atoms with Gasteiger partial charge in [-0.2, -0.15) is 0 Å². The zero-order chi connectivity index (χ0) is 19.5. The zero-order valence-corrected chi connectivity index (χ0v) is 16.0. The van der Waals surface area contributed by atoms with Gasteiger partial charge in [-0.3, -0.25) is 0 Å². The Balaban J connectivity index is 1.58. The van der Waals surface area contributed by atoms with Crippen LogP contribution in [0.3, 0.4) is 0 Å². The quantitative estimate of drug-likeness (QED) is 0.330. The summed E-state index contributed by atoms with van der Waals surface area (Å²) in [5.41, 5.74) is 5.71. The number of hydrogen-bond donors (Lipinski definition) is 0. The first-order valence-corrected chi connectivity index (χ1v) is 9.81. The van der Waals surface area contributed by atoms with Crippen molar-refractivity contribution < 1.29 is 4.74 Å². The van der Waals surface area contributed by atoms with Crippen molar-refractivity contribution in [2.45, 2.75) is 6.10 Å². The maximum absolute atomic E-state index is 6.63. The first-order valence-electron chi connectivity index (χ1n) is 9.81. The predicted molar refractivity (Wildman–Crippen MR) is 118 cm³/mol. The fourth-order valence-corrected chi connectivity index (χ4v) is 3.71. The molecule has 0 spiro atoms. The van der Waals surface area contributed by atoms with Crippen molar-refractivity contribution in [1.82, 2.24) is 4.40 Å². The molecule has 0 fully saturated rings. The molecular formula is C27H21NO. The van der Waals surface area contributed by atoms with Gasteiger partial charge in [-0.1, -0.05) is 91.0 Å². The lowest BCUT2D eigenvalue weighted by Crippen LogP contribution is -2.09. The molecule has 0 amide bonds. The maximum atomic E-state index is 6.63. The largest absolute Gasteiger partial charge is 0.479 e. The number of aromatic nitrogens is 1. The van der Waals surface area contributed by atoms with Crippen LogP contribution in [0.2, 0.25) is 0 Å². The molecule has 0 radical (unpaired) electrons. The molecule has 29 heavy (non-hydrogen) atoms. The second-order valence-corrected chi connectivity index (χ2v) is 7.08. The van der Waals surface area contributed by atoms with E-state index in [2.05, 4.69) is 95.7 Å². The van der Waals surface area contributed by atoms with Crippen molar-refractivity contribution in [2.24, 2.45) is 0 Å². The first kappa shape index (κ1) is 17.3. The van der Waals surface area contributed by atoms with E-state index in [0.29, 0.717) is 0 Å². The van der Waals surface area contributed by atoms with Crippen LogP contribution >= 0.6 is 0 Å². The van der Waals surface area contributed by atoms with E-state index in [-0.39, 0.29) is 6.10 Å². The second-order valence-electron chi connectivity index (χ2n) is 7.08. The van der Waals surface area contributed by atoms with Crippen molar-refractivity contribution in [1.29, 1.82) is 0 Å². The molecule has 0 saturated carbocycles. The normalized spacial score (nSPS) is 11.1. The Kier molecular flexibility index (Phi) is 4.59. The highest BCUT2D eigenvalue weighted by molar-refractivity contribution is 5.74. The Hall–Kier alpha value is -3.78. The van der Waals surface area contributed by atoms with Crippen molar-refractivity contribution in [2.75, 3.05) is 0 Å². The van der Waals surface area contributed by atoms with E-state index in [1.54, 1.807) is 0 Å². The number of fused-ring (bicyclic) bond motifs is 1. The summed E-state index contributed by atoms with van der Waals surface area (Å²) in [4.78, 5) is 0. The van der Waals surface area contributed by atoms with Crippen LogP contribution in [0.4, 0.5) is 0 Å². The molecule has 0 atom stereocenters. The van der Waals surface area contributed by atoms with Gasteiger partial charge < -0.3 is 9.14 Å². The number of rotatable bonds is 5. The van der Waals surface area contributed by atoms with Gasteiger partial charge in [-0.25, -0.2) is 0 Å². The Morgan fingerprint density at radius 2 is 1.17 bits per heavy atom. The van der Waals surface area contributed by atoms with Gasteiger partial charge in [-0.15, -0.1) is 0 Å². The SMILES string of the molecule is c1ccc(-c2cc3c(OC(c4ccccc4)c4ccccc4)cccn3c2)cc1. The Morgan fingerprint density at radius 1 is 0.586 bits per heavy atom. The lowest BCUT2D eigenvalue weighted by atomic mass is 10.0. The molecule has 2 heteroatoms. The van der Waals surface area contributed by atoms with Gasteiger partial charge in [-0.05, 0) is 34.9 Å². The molecule has 5 rings (SSSR count). The minimum absolute atomic E-state index is 0.168. The zero-order valence-electron chi connectivity index (χ0n) is 16.0. The van der Waals surface area contributed by atoms with Gasteiger partial charge in [0.05, 0.1) is 5.52 Å². The number of nitrogens with zero attached hydrogens (tertiary/aromatic N) is 1. The smallest absolute Gasteiger partial charge is 0.149 e. The molecule has 2 heterocycles. The van der Waals surface area contributed by atoms with E-state index in [4.69, 9.17) is 4.74 Å². The summed E-state index contributed by atoms with van der Waals surface area (Å²) in [6, 6.07) is 37.5. The topological polar surface area (TPSA) is 13.6 Å².